The topological polar surface area (TPSA) is 168 Å². The molecule has 12 heteroatoms. The van der Waals surface area contributed by atoms with Gasteiger partial charge in [0.25, 0.3) is 5.56 Å². The van der Waals surface area contributed by atoms with Gasteiger partial charge in [-0.05, 0) is 33.0 Å². The third-order valence-corrected chi connectivity index (χ3v) is 4.50. The molecule has 0 aliphatic carbocycles. The maximum Gasteiger partial charge on any atom is 0.311 e. The van der Waals surface area contributed by atoms with Gasteiger partial charge in [0.05, 0.1) is 12.0 Å². The molecule has 0 spiro atoms. The number of aliphatic hydroxyl groups excluding tert-OH is 2. The molecule has 148 valence electrons. The Kier molecular flexibility index (Phi) is 4.84. The Morgan fingerprint density at radius 3 is 2.70 bits per heavy atom. The van der Waals surface area contributed by atoms with Gasteiger partial charge in [0.15, 0.2) is 28.3 Å². The Labute approximate surface area is 158 Å². The van der Waals surface area contributed by atoms with Gasteiger partial charge in [-0.15, -0.1) is 0 Å². The molecule has 1 saturated heterocycles. The monoisotopic (exact) mass is 399 g/mol. The number of ether oxygens (including phenoxy) is 2. The fraction of sp³-hybridized carbons (Fsp3) is 0.600. The number of carbonyl (C=O) groups is 1. The zero-order valence-electron chi connectivity index (χ0n) is 14.9. The number of carbonyl (C=O) groups excluding carboxylic acids is 1. The molecule has 0 saturated carbocycles. The van der Waals surface area contributed by atoms with E-state index in [-0.39, 0.29) is 21.9 Å². The quantitative estimate of drug-likeness (QED) is 0.340. The summed E-state index contributed by atoms with van der Waals surface area (Å²) in [6, 6.07) is 0. The second-order valence-corrected chi connectivity index (χ2v) is 7.69. The standard InChI is InChI=1S/C15H21N5O6S/c1-15(2,3)12(24)26-8-7(22)5(4-21)25-11(8)20-9-6(17-14(20)27)10(23)19-13(16)18-9/h5,7-8,11,21-22H,4H2,1-3H3,(H,17,27)(H3,16,18,19,23)/t5-,7?,8?,11-/m1/s1. The van der Waals surface area contributed by atoms with Crippen LogP contribution in [0.5, 0.6) is 0 Å². The fourth-order valence-electron chi connectivity index (χ4n) is 2.77. The van der Waals surface area contributed by atoms with Gasteiger partial charge in [0.1, 0.15) is 12.2 Å². The lowest BCUT2D eigenvalue weighted by Crippen LogP contribution is -2.39. The number of aliphatic hydroxyl groups is 2. The summed E-state index contributed by atoms with van der Waals surface area (Å²) in [7, 11) is 0. The molecule has 27 heavy (non-hydrogen) atoms. The van der Waals surface area contributed by atoms with E-state index >= 15 is 0 Å². The summed E-state index contributed by atoms with van der Waals surface area (Å²) in [6.45, 7) is 4.48. The van der Waals surface area contributed by atoms with Gasteiger partial charge < -0.3 is 30.4 Å². The van der Waals surface area contributed by atoms with Crippen molar-refractivity contribution in [3.8, 4) is 0 Å². The summed E-state index contributed by atoms with van der Waals surface area (Å²) in [6.07, 6.45) is -4.61. The molecule has 3 heterocycles. The summed E-state index contributed by atoms with van der Waals surface area (Å²) in [4.78, 5) is 33.5. The number of nitrogens with zero attached hydrogens (tertiary/aromatic N) is 2. The van der Waals surface area contributed by atoms with Crippen molar-refractivity contribution < 1.29 is 24.5 Å². The zero-order chi connectivity index (χ0) is 20.1. The Morgan fingerprint density at radius 2 is 2.11 bits per heavy atom. The number of hydrogen-bond acceptors (Lipinski definition) is 9. The number of rotatable bonds is 3. The lowest BCUT2D eigenvalue weighted by atomic mass is 9.97. The molecule has 2 aromatic rings. The second kappa shape index (κ2) is 6.71. The number of imidazole rings is 1. The van der Waals surface area contributed by atoms with Crippen LogP contribution in [0.2, 0.25) is 0 Å². The third kappa shape index (κ3) is 3.36. The first-order valence-corrected chi connectivity index (χ1v) is 8.61. The average Bonchev–Trinajstić information content (AvgIpc) is 3.04. The van der Waals surface area contributed by atoms with Crippen molar-refractivity contribution in [1.82, 2.24) is 19.5 Å². The zero-order valence-corrected chi connectivity index (χ0v) is 15.7. The van der Waals surface area contributed by atoms with Gasteiger partial charge in [-0.25, -0.2) is 0 Å². The van der Waals surface area contributed by atoms with Crippen molar-refractivity contribution >= 4 is 35.3 Å². The van der Waals surface area contributed by atoms with Crippen LogP contribution < -0.4 is 11.3 Å². The van der Waals surface area contributed by atoms with E-state index in [1.807, 2.05) is 0 Å². The van der Waals surface area contributed by atoms with E-state index in [2.05, 4.69) is 15.0 Å². The molecule has 0 aromatic carbocycles. The Bertz CT molecular complexity index is 989. The van der Waals surface area contributed by atoms with E-state index in [1.165, 1.54) is 4.57 Å². The Hall–Kier alpha value is -2.28. The molecular weight excluding hydrogens is 378 g/mol. The van der Waals surface area contributed by atoms with Gasteiger partial charge >= 0.3 is 5.97 Å². The fourth-order valence-corrected chi connectivity index (χ4v) is 3.06. The summed E-state index contributed by atoms with van der Waals surface area (Å²) in [5.74, 6) is -0.717. The van der Waals surface area contributed by atoms with Gasteiger partial charge in [0.2, 0.25) is 5.95 Å². The van der Waals surface area contributed by atoms with E-state index in [4.69, 9.17) is 27.4 Å². The molecule has 1 aliphatic heterocycles. The predicted octanol–water partition coefficient (Wildman–Crippen LogP) is -0.427. The van der Waals surface area contributed by atoms with E-state index < -0.39 is 48.1 Å². The summed E-state index contributed by atoms with van der Waals surface area (Å²) >= 11 is 5.26. The van der Waals surface area contributed by atoms with Crippen LogP contribution in [0.1, 0.15) is 27.0 Å². The number of hydrogen-bond donors (Lipinski definition) is 5. The van der Waals surface area contributed by atoms with Crippen LogP contribution >= 0.6 is 12.2 Å². The molecule has 2 unspecified atom stereocenters. The van der Waals surface area contributed by atoms with E-state index in [0.29, 0.717) is 0 Å². The van der Waals surface area contributed by atoms with Gasteiger partial charge in [-0.2, -0.15) is 4.98 Å². The molecule has 1 aliphatic rings. The number of H-pyrrole nitrogens is 2. The third-order valence-electron chi connectivity index (χ3n) is 4.20. The van der Waals surface area contributed by atoms with Crippen LogP contribution in [0.4, 0.5) is 5.95 Å². The van der Waals surface area contributed by atoms with Gasteiger partial charge in [-0.1, -0.05) is 0 Å². The van der Waals surface area contributed by atoms with Crippen molar-refractivity contribution in [1.29, 1.82) is 0 Å². The number of aromatic amines is 2. The number of anilines is 1. The minimum atomic E-state index is -1.31. The molecule has 0 amide bonds. The molecule has 0 radical (unpaired) electrons. The number of nitrogens with two attached hydrogens (primary N) is 1. The first-order valence-electron chi connectivity index (χ1n) is 8.20. The first-order chi connectivity index (χ1) is 12.5. The van der Waals surface area contributed by atoms with Gasteiger partial charge in [0, 0.05) is 0 Å². The SMILES string of the molecule is CC(C)(C)C(=O)OC1C(O)[C@@H](CO)O[C@H]1n1c(=S)[nH]c2c(=O)[nH]c(N)nc21. The number of nitrogen functional groups attached to an aromatic ring is 1. The smallest absolute Gasteiger partial charge is 0.311 e. The molecule has 6 N–H and O–H groups in total. The van der Waals surface area contributed by atoms with Crippen LogP contribution in [0.3, 0.4) is 0 Å². The van der Waals surface area contributed by atoms with E-state index in [0.717, 1.165) is 0 Å². The predicted molar refractivity (Wildman–Crippen MR) is 96.3 cm³/mol. The second-order valence-electron chi connectivity index (χ2n) is 7.31. The van der Waals surface area contributed by atoms with Crippen LogP contribution in [-0.2, 0) is 14.3 Å². The average molecular weight is 399 g/mol. The van der Waals surface area contributed by atoms with Crippen LogP contribution in [0.25, 0.3) is 11.2 Å². The van der Waals surface area contributed by atoms with Crippen molar-refractivity contribution in [3.63, 3.8) is 0 Å². The maximum absolute atomic E-state index is 12.3. The van der Waals surface area contributed by atoms with Crippen LogP contribution in [-0.4, -0.2) is 60.6 Å². The van der Waals surface area contributed by atoms with Gasteiger partial charge in [-0.3, -0.25) is 19.1 Å². The number of nitrogens with one attached hydrogen (secondary N) is 2. The van der Waals surface area contributed by atoms with Crippen LogP contribution in [0, 0.1) is 10.2 Å². The lowest BCUT2D eigenvalue weighted by Gasteiger charge is -2.25. The molecule has 0 bridgehead atoms. The molecular formula is C15H21N5O6S. The lowest BCUT2D eigenvalue weighted by molar-refractivity contribution is -0.168. The minimum absolute atomic E-state index is 0.0561. The van der Waals surface area contributed by atoms with Crippen molar-refractivity contribution in [3.05, 3.63) is 15.1 Å². The Balaban J connectivity index is 2.12. The molecule has 3 rings (SSSR count). The molecule has 2 aromatic heterocycles. The van der Waals surface area contributed by atoms with Crippen molar-refractivity contribution in [2.24, 2.45) is 5.41 Å². The first kappa shape index (κ1) is 19.5. The number of fused-ring (bicyclic) bond motifs is 1. The highest BCUT2D eigenvalue weighted by molar-refractivity contribution is 7.71. The molecule has 11 nitrogen and oxygen atoms in total. The number of aromatic nitrogens is 4. The summed E-state index contributed by atoms with van der Waals surface area (Å²) in [5.41, 5.74) is 4.38. The highest BCUT2D eigenvalue weighted by Crippen LogP contribution is 2.35. The molecule has 1 fully saturated rings. The summed E-state index contributed by atoms with van der Waals surface area (Å²) in [5, 5.41) is 19.9. The van der Waals surface area contributed by atoms with E-state index in [1.54, 1.807) is 20.8 Å². The highest BCUT2D eigenvalue weighted by atomic mass is 32.1. The number of esters is 1. The summed E-state index contributed by atoms with van der Waals surface area (Å²) < 4.78 is 12.5. The van der Waals surface area contributed by atoms with E-state index in [9.17, 15) is 19.8 Å². The highest BCUT2D eigenvalue weighted by Gasteiger charge is 2.48. The molecule has 4 atom stereocenters. The largest absolute Gasteiger partial charge is 0.454 e. The minimum Gasteiger partial charge on any atom is -0.454 e. The van der Waals surface area contributed by atoms with Crippen molar-refractivity contribution in [2.45, 2.75) is 45.3 Å². The Morgan fingerprint density at radius 1 is 1.44 bits per heavy atom. The van der Waals surface area contributed by atoms with Crippen LogP contribution in [0.15, 0.2) is 4.79 Å². The maximum atomic E-state index is 12.3. The van der Waals surface area contributed by atoms with Crippen molar-refractivity contribution in [2.75, 3.05) is 12.3 Å². The normalized spacial score (nSPS) is 25.8.